The van der Waals surface area contributed by atoms with Gasteiger partial charge in [-0.2, -0.15) is 0 Å². The molecule has 1 aromatic carbocycles. The molecule has 23 heavy (non-hydrogen) atoms. The van der Waals surface area contributed by atoms with Crippen molar-refractivity contribution in [3.05, 3.63) is 23.8 Å². The Labute approximate surface area is 141 Å². The molecule has 0 aliphatic carbocycles. The van der Waals surface area contributed by atoms with Crippen LogP contribution in [0.15, 0.2) is 18.2 Å². The van der Waals surface area contributed by atoms with Gasteiger partial charge in [0, 0.05) is 19.5 Å². The first-order valence-corrected chi connectivity index (χ1v) is 8.76. The number of aryl methyl sites for hydroxylation is 1. The van der Waals surface area contributed by atoms with E-state index in [1.54, 1.807) is 0 Å². The highest BCUT2D eigenvalue weighted by Crippen LogP contribution is 2.24. The van der Waals surface area contributed by atoms with Crippen LogP contribution in [0.1, 0.15) is 52.5 Å². The van der Waals surface area contributed by atoms with Crippen LogP contribution in [0, 0.1) is 5.92 Å². The zero-order valence-electron chi connectivity index (χ0n) is 15.1. The largest absolute Gasteiger partial charge is 0.491 e. The van der Waals surface area contributed by atoms with E-state index in [9.17, 15) is 4.79 Å². The summed E-state index contributed by atoms with van der Waals surface area (Å²) in [5.74, 6) is 1.43. The van der Waals surface area contributed by atoms with Crippen molar-refractivity contribution in [1.29, 1.82) is 0 Å². The molecule has 2 N–H and O–H groups in total. The van der Waals surface area contributed by atoms with E-state index >= 15 is 0 Å². The molecule has 1 rings (SSSR count). The van der Waals surface area contributed by atoms with Crippen molar-refractivity contribution >= 4 is 11.6 Å². The molecule has 4 heteroatoms. The van der Waals surface area contributed by atoms with Gasteiger partial charge in [0.2, 0.25) is 5.91 Å². The quantitative estimate of drug-likeness (QED) is 0.666. The van der Waals surface area contributed by atoms with Crippen molar-refractivity contribution in [3.63, 3.8) is 0 Å². The van der Waals surface area contributed by atoms with Gasteiger partial charge in [-0.25, -0.2) is 0 Å². The summed E-state index contributed by atoms with van der Waals surface area (Å²) < 4.78 is 5.68. The second-order valence-corrected chi connectivity index (χ2v) is 6.46. The first kappa shape index (κ1) is 19.3. The van der Waals surface area contributed by atoms with Gasteiger partial charge in [0.15, 0.2) is 0 Å². The molecule has 130 valence electrons. The number of amides is 1. The smallest absolute Gasteiger partial charge is 0.222 e. The fourth-order valence-electron chi connectivity index (χ4n) is 2.45. The lowest BCUT2D eigenvalue weighted by molar-refractivity contribution is -0.131. The van der Waals surface area contributed by atoms with Crippen LogP contribution < -0.4 is 10.5 Å². The highest BCUT2D eigenvalue weighted by molar-refractivity contribution is 5.76. The lowest BCUT2D eigenvalue weighted by Crippen LogP contribution is -2.32. The molecule has 0 heterocycles. The zero-order chi connectivity index (χ0) is 17.2. The van der Waals surface area contributed by atoms with E-state index in [1.165, 1.54) is 0 Å². The molecule has 4 nitrogen and oxygen atoms in total. The first-order valence-electron chi connectivity index (χ1n) is 8.76. The number of carbonyl (C=O) groups is 1. The maximum atomic E-state index is 12.3. The van der Waals surface area contributed by atoms with Crippen LogP contribution in [0.3, 0.4) is 0 Å². The first-order chi connectivity index (χ1) is 11.0. The minimum absolute atomic E-state index is 0.229. The molecule has 0 bridgehead atoms. The second kappa shape index (κ2) is 10.1. The molecule has 0 spiro atoms. The summed E-state index contributed by atoms with van der Waals surface area (Å²) in [6, 6.07) is 5.84. The third-order valence-corrected chi connectivity index (χ3v) is 3.61. The molecule has 0 aromatic heterocycles. The molecule has 0 aliphatic rings. The topological polar surface area (TPSA) is 55.6 Å². The van der Waals surface area contributed by atoms with Crippen molar-refractivity contribution < 1.29 is 9.53 Å². The van der Waals surface area contributed by atoms with Gasteiger partial charge in [0.25, 0.3) is 0 Å². The lowest BCUT2D eigenvalue weighted by atomic mass is 10.1. The van der Waals surface area contributed by atoms with Gasteiger partial charge in [-0.3, -0.25) is 4.79 Å². The number of nitrogen functional groups attached to an aromatic ring is 1. The van der Waals surface area contributed by atoms with Gasteiger partial charge in [0.1, 0.15) is 5.75 Å². The van der Waals surface area contributed by atoms with E-state index < -0.39 is 0 Å². The van der Waals surface area contributed by atoms with Gasteiger partial charge in [-0.1, -0.05) is 33.8 Å². The summed E-state index contributed by atoms with van der Waals surface area (Å²) in [4.78, 5) is 14.3. The number of nitrogens with two attached hydrogens (primary N) is 1. The predicted molar refractivity (Wildman–Crippen MR) is 96.7 cm³/mol. The number of nitrogens with zero attached hydrogens (tertiary/aromatic N) is 1. The predicted octanol–water partition coefficient (Wildman–Crippen LogP) is 3.88. The number of anilines is 1. The van der Waals surface area contributed by atoms with Crippen molar-refractivity contribution in [2.75, 3.05) is 25.4 Å². The average molecular weight is 320 g/mol. The summed E-state index contributed by atoms with van der Waals surface area (Å²) in [7, 11) is 0. The monoisotopic (exact) mass is 320 g/mol. The minimum Gasteiger partial charge on any atom is -0.491 e. The highest BCUT2D eigenvalue weighted by atomic mass is 16.5. The van der Waals surface area contributed by atoms with Crippen molar-refractivity contribution in [2.45, 2.75) is 53.4 Å². The molecule has 0 radical (unpaired) electrons. The minimum atomic E-state index is 0.229. The maximum Gasteiger partial charge on any atom is 0.222 e. The fraction of sp³-hybridized carbons (Fsp3) is 0.632. The standard InChI is InChI=1S/C19H32N2O2/c1-5-11-21(12-6-2)19(22)10-8-16-7-9-18(17(20)13-16)23-14-15(3)4/h7,9,13,15H,5-6,8,10-12,14,20H2,1-4H3. The number of hydrogen-bond acceptors (Lipinski definition) is 3. The summed E-state index contributed by atoms with van der Waals surface area (Å²) in [5.41, 5.74) is 7.78. The van der Waals surface area contributed by atoms with Crippen molar-refractivity contribution in [1.82, 2.24) is 4.90 Å². The summed E-state index contributed by atoms with van der Waals surface area (Å²) in [5, 5.41) is 0. The Bertz CT molecular complexity index is 480. The van der Waals surface area contributed by atoms with Gasteiger partial charge >= 0.3 is 0 Å². The fourth-order valence-corrected chi connectivity index (χ4v) is 2.45. The average Bonchev–Trinajstić information content (AvgIpc) is 2.51. The van der Waals surface area contributed by atoms with Crippen molar-refractivity contribution in [3.8, 4) is 5.75 Å². The van der Waals surface area contributed by atoms with Crippen molar-refractivity contribution in [2.24, 2.45) is 5.92 Å². The van der Waals surface area contributed by atoms with E-state index in [2.05, 4.69) is 27.7 Å². The molecule has 0 fully saturated rings. The molecule has 1 amide bonds. The normalized spacial score (nSPS) is 10.8. The summed E-state index contributed by atoms with van der Waals surface area (Å²) in [6.45, 7) is 10.8. The van der Waals surface area contributed by atoms with Gasteiger partial charge < -0.3 is 15.4 Å². The van der Waals surface area contributed by atoms with E-state index in [0.717, 1.165) is 43.7 Å². The van der Waals surface area contributed by atoms with Crippen LogP contribution in [0.25, 0.3) is 0 Å². The van der Waals surface area contributed by atoms with E-state index in [1.807, 2.05) is 23.1 Å². The maximum absolute atomic E-state index is 12.3. The molecule has 0 atom stereocenters. The highest BCUT2D eigenvalue weighted by Gasteiger charge is 2.12. The van der Waals surface area contributed by atoms with Crippen LogP contribution in [-0.2, 0) is 11.2 Å². The molecular weight excluding hydrogens is 288 g/mol. The number of benzene rings is 1. The molecule has 0 saturated carbocycles. The number of hydrogen-bond donors (Lipinski definition) is 1. The Morgan fingerprint density at radius 1 is 1.22 bits per heavy atom. The van der Waals surface area contributed by atoms with Crippen LogP contribution in [0.5, 0.6) is 5.75 Å². The zero-order valence-corrected chi connectivity index (χ0v) is 15.1. The SMILES string of the molecule is CCCN(CCC)C(=O)CCc1ccc(OCC(C)C)c(N)c1. The van der Waals surface area contributed by atoms with Crippen LogP contribution >= 0.6 is 0 Å². The molecule has 0 aliphatic heterocycles. The summed E-state index contributed by atoms with van der Waals surface area (Å²) in [6.07, 6.45) is 3.25. The third-order valence-electron chi connectivity index (χ3n) is 3.61. The third kappa shape index (κ3) is 6.93. The van der Waals surface area contributed by atoms with E-state index in [-0.39, 0.29) is 5.91 Å². The number of carbonyl (C=O) groups excluding carboxylic acids is 1. The Balaban J connectivity index is 2.57. The molecule has 0 saturated heterocycles. The Kier molecular flexibility index (Phi) is 8.52. The number of rotatable bonds is 10. The van der Waals surface area contributed by atoms with Gasteiger partial charge in [-0.05, 0) is 42.9 Å². The summed E-state index contributed by atoms with van der Waals surface area (Å²) >= 11 is 0. The van der Waals surface area contributed by atoms with Crippen LogP contribution in [-0.4, -0.2) is 30.5 Å². The van der Waals surface area contributed by atoms with E-state index in [0.29, 0.717) is 24.6 Å². The lowest BCUT2D eigenvalue weighted by Gasteiger charge is -2.21. The Morgan fingerprint density at radius 3 is 2.39 bits per heavy atom. The molecule has 1 aromatic rings. The van der Waals surface area contributed by atoms with Crippen LogP contribution in [0.2, 0.25) is 0 Å². The number of ether oxygens (including phenoxy) is 1. The van der Waals surface area contributed by atoms with E-state index in [4.69, 9.17) is 10.5 Å². The molecular formula is C19H32N2O2. The second-order valence-electron chi connectivity index (χ2n) is 6.46. The Morgan fingerprint density at radius 2 is 1.87 bits per heavy atom. The van der Waals surface area contributed by atoms with Gasteiger partial charge in [-0.15, -0.1) is 0 Å². The van der Waals surface area contributed by atoms with Crippen LogP contribution in [0.4, 0.5) is 5.69 Å². The van der Waals surface area contributed by atoms with Gasteiger partial charge in [0.05, 0.1) is 12.3 Å². The molecule has 0 unspecified atom stereocenters. The Hall–Kier alpha value is -1.71.